The predicted octanol–water partition coefficient (Wildman–Crippen LogP) is 3.36. The van der Waals surface area contributed by atoms with Crippen LogP contribution < -0.4 is 19.5 Å². The van der Waals surface area contributed by atoms with E-state index < -0.39 is 0 Å². The molecule has 3 rings (SSSR count). The van der Waals surface area contributed by atoms with Gasteiger partial charge in [-0.25, -0.2) is 0 Å². The fourth-order valence-corrected chi connectivity index (χ4v) is 3.09. The van der Waals surface area contributed by atoms with E-state index in [1.165, 1.54) is 21.3 Å². The van der Waals surface area contributed by atoms with Crippen LogP contribution in [0.15, 0.2) is 40.2 Å². The molecule has 0 saturated carbocycles. The smallest absolute Gasteiger partial charge is 0.251 e. The van der Waals surface area contributed by atoms with E-state index in [0.717, 1.165) is 4.88 Å². The van der Waals surface area contributed by atoms with Crippen molar-refractivity contribution in [1.82, 2.24) is 10.5 Å². The van der Waals surface area contributed by atoms with Crippen molar-refractivity contribution < 1.29 is 23.5 Å². The highest BCUT2D eigenvalue weighted by Gasteiger charge is 2.17. The molecule has 2 aromatic heterocycles. The zero-order chi connectivity index (χ0) is 18.5. The van der Waals surface area contributed by atoms with E-state index in [1.54, 1.807) is 29.5 Å². The van der Waals surface area contributed by atoms with Crippen LogP contribution in [0.5, 0.6) is 17.2 Å². The Morgan fingerprint density at radius 2 is 1.88 bits per heavy atom. The van der Waals surface area contributed by atoms with Gasteiger partial charge in [0.1, 0.15) is 5.69 Å². The van der Waals surface area contributed by atoms with Crippen LogP contribution in [0.25, 0.3) is 10.6 Å². The molecule has 0 atom stereocenters. The summed E-state index contributed by atoms with van der Waals surface area (Å²) >= 11 is 1.56. The van der Waals surface area contributed by atoms with Gasteiger partial charge in [-0.1, -0.05) is 11.2 Å². The number of hydrogen-bond donors (Lipinski definition) is 1. The molecule has 0 aliphatic rings. The number of nitrogens with zero attached hydrogens (tertiary/aromatic N) is 1. The highest BCUT2D eigenvalue weighted by atomic mass is 32.1. The molecule has 136 valence electrons. The normalized spacial score (nSPS) is 10.4. The predicted molar refractivity (Wildman–Crippen MR) is 97.1 cm³/mol. The topological polar surface area (TPSA) is 82.8 Å². The molecular formula is C18H18N2O5S. The van der Waals surface area contributed by atoms with Crippen molar-refractivity contribution in [2.24, 2.45) is 0 Å². The molecule has 0 bridgehead atoms. The van der Waals surface area contributed by atoms with Crippen molar-refractivity contribution in [2.75, 3.05) is 21.3 Å². The summed E-state index contributed by atoms with van der Waals surface area (Å²) in [6.45, 7) is 0.240. The Morgan fingerprint density at radius 3 is 2.46 bits per heavy atom. The van der Waals surface area contributed by atoms with Gasteiger partial charge in [-0.2, -0.15) is 0 Å². The number of hydrogen-bond acceptors (Lipinski definition) is 7. The molecule has 0 aliphatic heterocycles. The minimum atomic E-state index is -0.287. The van der Waals surface area contributed by atoms with Crippen molar-refractivity contribution in [3.8, 4) is 27.9 Å². The van der Waals surface area contributed by atoms with Crippen LogP contribution >= 0.6 is 11.3 Å². The Kier molecular flexibility index (Phi) is 5.43. The summed E-state index contributed by atoms with van der Waals surface area (Å²) in [5.74, 6) is 1.66. The van der Waals surface area contributed by atoms with Gasteiger partial charge >= 0.3 is 0 Å². The molecule has 1 amide bonds. The van der Waals surface area contributed by atoms with Gasteiger partial charge < -0.3 is 24.1 Å². The Hall–Kier alpha value is -3.00. The van der Waals surface area contributed by atoms with Crippen molar-refractivity contribution >= 4 is 17.2 Å². The van der Waals surface area contributed by atoms with Crippen LogP contribution in [0.3, 0.4) is 0 Å². The third-order valence-corrected chi connectivity index (χ3v) is 4.56. The molecule has 0 fully saturated rings. The Labute approximate surface area is 154 Å². The SMILES string of the molecule is COc1cc(C(=O)NCc2cc(-c3cccs3)on2)cc(OC)c1OC. The molecular weight excluding hydrogens is 356 g/mol. The number of amides is 1. The summed E-state index contributed by atoms with van der Waals surface area (Å²) in [5.41, 5.74) is 1.02. The molecule has 8 heteroatoms. The Balaban J connectivity index is 1.72. The number of methoxy groups -OCH3 is 3. The number of aromatic nitrogens is 1. The first kappa shape index (κ1) is 17.8. The molecule has 0 unspecified atom stereocenters. The summed E-state index contributed by atoms with van der Waals surface area (Å²) in [5, 5.41) is 8.75. The molecule has 1 aromatic carbocycles. The summed E-state index contributed by atoms with van der Waals surface area (Å²) in [6, 6.07) is 8.88. The Bertz CT molecular complexity index is 864. The maximum Gasteiger partial charge on any atom is 0.251 e. The number of carbonyl (C=O) groups is 1. The number of thiophene rings is 1. The van der Waals surface area contributed by atoms with Crippen LogP contribution in [-0.2, 0) is 6.54 Å². The van der Waals surface area contributed by atoms with Gasteiger partial charge in [-0.05, 0) is 23.6 Å². The first-order valence-corrected chi connectivity index (χ1v) is 8.62. The third kappa shape index (κ3) is 3.65. The van der Waals surface area contributed by atoms with Crippen molar-refractivity contribution in [3.63, 3.8) is 0 Å². The maximum atomic E-state index is 12.5. The van der Waals surface area contributed by atoms with E-state index in [4.69, 9.17) is 18.7 Å². The second kappa shape index (κ2) is 7.92. The number of nitrogens with one attached hydrogen (secondary N) is 1. The molecule has 0 aliphatic carbocycles. The lowest BCUT2D eigenvalue weighted by molar-refractivity contribution is 0.0949. The number of benzene rings is 1. The zero-order valence-corrected chi connectivity index (χ0v) is 15.4. The molecule has 2 heterocycles. The lowest BCUT2D eigenvalue weighted by Crippen LogP contribution is -2.23. The highest BCUT2D eigenvalue weighted by molar-refractivity contribution is 7.13. The number of rotatable bonds is 7. The molecule has 0 spiro atoms. The molecule has 26 heavy (non-hydrogen) atoms. The van der Waals surface area contributed by atoms with Gasteiger partial charge in [0.05, 0.1) is 32.8 Å². The molecule has 7 nitrogen and oxygen atoms in total. The second-order valence-corrected chi connectivity index (χ2v) is 6.20. The minimum Gasteiger partial charge on any atom is -0.493 e. The van der Waals surface area contributed by atoms with E-state index in [0.29, 0.717) is 34.3 Å². The van der Waals surface area contributed by atoms with Crippen LogP contribution in [0, 0.1) is 0 Å². The summed E-state index contributed by atoms with van der Waals surface area (Å²) < 4.78 is 21.1. The standard InChI is InChI=1S/C18H18N2O5S/c1-22-14-7-11(8-15(23-2)17(14)24-3)18(21)19-10-12-9-13(25-20-12)16-5-4-6-26-16/h4-9H,10H2,1-3H3,(H,19,21). The molecule has 0 radical (unpaired) electrons. The van der Waals surface area contributed by atoms with Crippen molar-refractivity contribution in [1.29, 1.82) is 0 Å². The lowest BCUT2D eigenvalue weighted by Gasteiger charge is -2.13. The van der Waals surface area contributed by atoms with Crippen LogP contribution in [0.4, 0.5) is 0 Å². The highest BCUT2D eigenvalue weighted by Crippen LogP contribution is 2.38. The zero-order valence-electron chi connectivity index (χ0n) is 14.6. The van der Waals surface area contributed by atoms with Gasteiger partial charge in [0, 0.05) is 11.6 Å². The Morgan fingerprint density at radius 1 is 1.15 bits per heavy atom. The van der Waals surface area contributed by atoms with Gasteiger partial charge in [0.2, 0.25) is 5.75 Å². The monoisotopic (exact) mass is 374 g/mol. The van der Waals surface area contributed by atoms with Crippen LogP contribution in [0.1, 0.15) is 16.1 Å². The van der Waals surface area contributed by atoms with Crippen LogP contribution in [0.2, 0.25) is 0 Å². The van der Waals surface area contributed by atoms with E-state index in [2.05, 4.69) is 10.5 Å². The van der Waals surface area contributed by atoms with Gasteiger partial charge in [-0.3, -0.25) is 4.79 Å². The number of carbonyl (C=O) groups excluding carboxylic acids is 1. The third-order valence-electron chi connectivity index (χ3n) is 3.68. The summed E-state index contributed by atoms with van der Waals surface area (Å²) in [4.78, 5) is 13.5. The first-order valence-electron chi connectivity index (χ1n) is 7.74. The van der Waals surface area contributed by atoms with Crippen molar-refractivity contribution in [2.45, 2.75) is 6.54 Å². The van der Waals surface area contributed by atoms with Crippen LogP contribution in [-0.4, -0.2) is 32.4 Å². The fourth-order valence-electron chi connectivity index (χ4n) is 2.42. The van der Waals surface area contributed by atoms with Gasteiger partial charge in [0.15, 0.2) is 17.3 Å². The first-order chi connectivity index (χ1) is 12.7. The van der Waals surface area contributed by atoms with Crippen molar-refractivity contribution in [3.05, 3.63) is 47.0 Å². The van der Waals surface area contributed by atoms with E-state index in [-0.39, 0.29) is 12.5 Å². The average Bonchev–Trinajstić information content (AvgIpc) is 3.36. The fraction of sp³-hybridized carbons (Fsp3) is 0.222. The number of ether oxygens (including phenoxy) is 3. The largest absolute Gasteiger partial charge is 0.493 e. The average molecular weight is 374 g/mol. The van der Waals surface area contributed by atoms with E-state index in [1.807, 2.05) is 17.5 Å². The summed E-state index contributed by atoms with van der Waals surface area (Å²) in [7, 11) is 4.51. The maximum absolute atomic E-state index is 12.5. The second-order valence-electron chi connectivity index (χ2n) is 5.26. The molecule has 3 aromatic rings. The minimum absolute atomic E-state index is 0.240. The summed E-state index contributed by atoms with van der Waals surface area (Å²) in [6.07, 6.45) is 0. The molecule has 0 saturated heterocycles. The molecule has 1 N–H and O–H groups in total. The quantitative estimate of drug-likeness (QED) is 0.683. The van der Waals surface area contributed by atoms with Gasteiger partial charge in [-0.15, -0.1) is 11.3 Å². The van der Waals surface area contributed by atoms with Gasteiger partial charge in [0.25, 0.3) is 5.91 Å². The van der Waals surface area contributed by atoms with E-state index in [9.17, 15) is 4.79 Å². The van der Waals surface area contributed by atoms with E-state index >= 15 is 0 Å². The lowest BCUT2D eigenvalue weighted by atomic mass is 10.1.